The Hall–Kier alpha value is -0.380. The summed E-state index contributed by atoms with van der Waals surface area (Å²) in [7, 11) is 0. The molecule has 1 saturated heterocycles. The first-order valence-corrected chi connectivity index (χ1v) is 6.37. The quantitative estimate of drug-likeness (QED) is 0.822. The molecule has 0 aromatic heterocycles. The number of nitrogens with zero attached hydrogens (tertiary/aromatic N) is 1. The number of carbonyl (C=O) groups is 1. The minimum absolute atomic E-state index is 0.0863. The van der Waals surface area contributed by atoms with Gasteiger partial charge in [-0.2, -0.15) is 12.6 Å². The Morgan fingerprint density at radius 2 is 2.19 bits per heavy atom. The van der Waals surface area contributed by atoms with Gasteiger partial charge in [0.1, 0.15) is 0 Å². The van der Waals surface area contributed by atoms with Crippen molar-refractivity contribution in [3.63, 3.8) is 0 Å². The molecule has 1 amide bonds. The van der Waals surface area contributed by atoms with Crippen LogP contribution in [0.2, 0.25) is 10.0 Å². The summed E-state index contributed by atoms with van der Waals surface area (Å²) in [5, 5.41) is 0.915. The van der Waals surface area contributed by atoms with Crippen LogP contribution in [0.3, 0.4) is 0 Å². The minimum Gasteiger partial charge on any atom is -0.311 e. The van der Waals surface area contributed by atoms with Crippen molar-refractivity contribution in [2.75, 3.05) is 17.2 Å². The monoisotopic (exact) mass is 275 g/mol. The summed E-state index contributed by atoms with van der Waals surface area (Å²) >= 11 is 16.2. The molecular formula is C11H11Cl2NOS. The van der Waals surface area contributed by atoms with Crippen LogP contribution in [0.4, 0.5) is 5.69 Å². The molecule has 0 N–H and O–H groups in total. The molecule has 5 heteroatoms. The van der Waals surface area contributed by atoms with Gasteiger partial charge in [-0.05, 0) is 23.8 Å². The van der Waals surface area contributed by atoms with Crippen molar-refractivity contribution in [3.8, 4) is 0 Å². The molecular weight excluding hydrogens is 265 g/mol. The summed E-state index contributed by atoms with van der Waals surface area (Å²) < 4.78 is 0. The number of carbonyl (C=O) groups excluding carboxylic acids is 1. The first-order chi connectivity index (χ1) is 7.63. The molecule has 1 fully saturated rings. The van der Waals surface area contributed by atoms with E-state index in [9.17, 15) is 4.79 Å². The number of amides is 1. The lowest BCUT2D eigenvalue weighted by molar-refractivity contribution is -0.117. The lowest BCUT2D eigenvalue weighted by Gasteiger charge is -2.18. The molecule has 2 rings (SSSR count). The van der Waals surface area contributed by atoms with Gasteiger partial charge in [0.25, 0.3) is 0 Å². The van der Waals surface area contributed by atoms with Crippen LogP contribution in [-0.2, 0) is 4.79 Å². The molecule has 1 aliphatic rings. The smallest absolute Gasteiger partial charge is 0.227 e. The van der Waals surface area contributed by atoms with Crippen molar-refractivity contribution in [1.29, 1.82) is 0 Å². The van der Waals surface area contributed by atoms with Crippen LogP contribution < -0.4 is 4.90 Å². The second-order valence-corrected chi connectivity index (χ2v) is 4.98. The first-order valence-electron chi connectivity index (χ1n) is 4.98. The number of benzene rings is 1. The highest BCUT2D eigenvalue weighted by Gasteiger charge is 2.30. The number of hydrogen-bond acceptors (Lipinski definition) is 2. The van der Waals surface area contributed by atoms with Crippen LogP contribution >= 0.6 is 35.8 Å². The molecule has 0 spiro atoms. The van der Waals surface area contributed by atoms with E-state index in [2.05, 4.69) is 12.6 Å². The van der Waals surface area contributed by atoms with Gasteiger partial charge < -0.3 is 4.90 Å². The predicted molar refractivity (Wildman–Crippen MR) is 70.8 cm³/mol. The van der Waals surface area contributed by atoms with Gasteiger partial charge in [0.05, 0.1) is 15.7 Å². The van der Waals surface area contributed by atoms with Crippen LogP contribution in [0.25, 0.3) is 0 Å². The molecule has 1 unspecified atom stereocenters. The SMILES string of the molecule is O=C1CC(CS)CN1c1cccc(Cl)c1Cl. The Morgan fingerprint density at radius 3 is 2.81 bits per heavy atom. The molecule has 1 aromatic rings. The fourth-order valence-electron chi connectivity index (χ4n) is 1.84. The summed E-state index contributed by atoms with van der Waals surface area (Å²) in [6.07, 6.45) is 0.534. The van der Waals surface area contributed by atoms with Crippen molar-refractivity contribution in [3.05, 3.63) is 28.2 Å². The lowest BCUT2D eigenvalue weighted by atomic mass is 10.1. The molecule has 1 aromatic carbocycles. The highest BCUT2D eigenvalue weighted by molar-refractivity contribution is 7.80. The van der Waals surface area contributed by atoms with E-state index in [1.807, 2.05) is 6.07 Å². The zero-order valence-corrected chi connectivity index (χ0v) is 10.9. The second kappa shape index (κ2) is 4.86. The normalized spacial score (nSPS) is 20.6. The highest BCUT2D eigenvalue weighted by Crippen LogP contribution is 2.35. The van der Waals surface area contributed by atoms with Crippen LogP contribution in [-0.4, -0.2) is 18.2 Å². The molecule has 0 aliphatic carbocycles. The number of anilines is 1. The van der Waals surface area contributed by atoms with Gasteiger partial charge in [-0.3, -0.25) is 4.79 Å². The average Bonchev–Trinajstić information content (AvgIpc) is 2.64. The molecule has 16 heavy (non-hydrogen) atoms. The van der Waals surface area contributed by atoms with E-state index < -0.39 is 0 Å². The average molecular weight is 276 g/mol. The number of hydrogen-bond donors (Lipinski definition) is 1. The van der Waals surface area contributed by atoms with Crippen LogP contribution in [0, 0.1) is 5.92 Å². The molecule has 2 nitrogen and oxygen atoms in total. The third-order valence-corrected chi connectivity index (χ3v) is 4.01. The predicted octanol–water partition coefficient (Wildman–Crippen LogP) is 3.28. The Bertz CT molecular complexity index is 424. The topological polar surface area (TPSA) is 20.3 Å². The Labute approximate surface area is 110 Å². The molecule has 1 heterocycles. The number of thiol groups is 1. The molecule has 1 aliphatic heterocycles. The fourth-order valence-corrected chi connectivity index (χ4v) is 2.48. The molecule has 0 bridgehead atoms. The summed E-state index contributed by atoms with van der Waals surface area (Å²) in [5.41, 5.74) is 0.698. The van der Waals surface area contributed by atoms with Gasteiger partial charge in [0, 0.05) is 13.0 Å². The Morgan fingerprint density at radius 1 is 1.44 bits per heavy atom. The van der Waals surface area contributed by atoms with Crippen molar-refractivity contribution in [2.45, 2.75) is 6.42 Å². The van der Waals surface area contributed by atoms with E-state index >= 15 is 0 Å². The maximum absolute atomic E-state index is 11.8. The van der Waals surface area contributed by atoms with Gasteiger partial charge >= 0.3 is 0 Å². The van der Waals surface area contributed by atoms with Crippen molar-refractivity contribution in [1.82, 2.24) is 0 Å². The Balaban J connectivity index is 2.31. The second-order valence-electron chi connectivity index (χ2n) is 3.83. The van der Waals surface area contributed by atoms with Gasteiger partial charge in [0.2, 0.25) is 5.91 Å². The Kier molecular flexibility index (Phi) is 3.67. The standard InChI is InChI=1S/C11H11Cl2NOS/c12-8-2-1-3-9(11(8)13)14-5-7(6-16)4-10(14)15/h1-3,7,16H,4-6H2. The van der Waals surface area contributed by atoms with E-state index in [1.165, 1.54) is 0 Å². The maximum atomic E-state index is 11.8. The highest BCUT2D eigenvalue weighted by atomic mass is 35.5. The first kappa shape index (κ1) is 12.1. The number of halogens is 2. The van der Waals surface area contributed by atoms with Crippen molar-refractivity contribution < 1.29 is 4.79 Å². The minimum atomic E-state index is 0.0863. The third kappa shape index (κ3) is 2.17. The van der Waals surface area contributed by atoms with Gasteiger partial charge in [-0.1, -0.05) is 29.3 Å². The molecule has 86 valence electrons. The van der Waals surface area contributed by atoms with Crippen molar-refractivity contribution in [2.24, 2.45) is 5.92 Å². The summed E-state index contributed by atoms with van der Waals surface area (Å²) in [4.78, 5) is 13.5. The fraction of sp³-hybridized carbons (Fsp3) is 0.364. The summed E-state index contributed by atoms with van der Waals surface area (Å²) in [5.74, 6) is 1.09. The zero-order valence-electron chi connectivity index (χ0n) is 8.49. The zero-order chi connectivity index (χ0) is 11.7. The van der Waals surface area contributed by atoms with Crippen LogP contribution in [0.15, 0.2) is 18.2 Å². The largest absolute Gasteiger partial charge is 0.311 e. The van der Waals surface area contributed by atoms with Gasteiger partial charge in [0.15, 0.2) is 0 Å². The van der Waals surface area contributed by atoms with Gasteiger partial charge in [-0.15, -0.1) is 0 Å². The van der Waals surface area contributed by atoms with E-state index in [1.54, 1.807) is 17.0 Å². The molecule has 0 radical (unpaired) electrons. The van der Waals surface area contributed by atoms with Crippen LogP contribution in [0.1, 0.15) is 6.42 Å². The van der Waals surface area contributed by atoms with Crippen molar-refractivity contribution >= 4 is 47.4 Å². The van der Waals surface area contributed by atoms with Gasteiger partial charge in [-0.25, -0.2) is 0 Å². The summed E-state index contributed by atoms with van der Waals surface area (Å²) in [6.45, 7) is 0.669. The molecule has 1 atom stereocenters. The maximum Gasteiger partial charge on any atom is 0.227 e. The third-order valence-electron chi connectivity index (χ3n) is 2.69. The number of rotatable bonds is 2. The van der Waals surface area contributed by atoms with E-state index in [0.29, 0.717) is 40.4 Å². The lowest BCUT2D eigenvalue weighted by Crippen LogP contribution is -2.24. The molecule has 0 saturated carbocycles. The van der Waals surface area contributed by atoms with Crippen LogP contribution in [0.5, 0.6) is 0 Å². The summed E-state index contributed by atoms with van der Waals surface area (Å²) in [6, 6.07) is 5.32. The van der Waals surface area contributed by atoms with E-state index in [-0.39, 0.29) is 5.91 Å². The van der Waals surface area contributed by atoms with E-state index in [4.69, 9.17) is 23.2 Å². The van der Waals surface area contributed by atoms with E-state index in [0.717, 1.165) is 0 Å².